The first-order valence-corrected chi connectivity index (χ1v) is 7.58. The lowest BCUT2D eigenvalue weighted by molar-refractivity contribution is 0.0128. The van der Waals surface area contributed by atoms with Crippen LogP contribution in [0.25, 0.3) is 0 Å². The van der Waals surface area contributed by atoms with Gasteiger partial charge in [0.1, 0.15) is 0 Å². The molecule has 1 aliphatic carbocycles. The molecule has 1 aliphatic heterocycles. The molecule has 1 aromatic rings. The molecule has 0 radical (unpaired) electrons. The molecule has 19 heavy (non-hydrogen) atoms. The molecule has 1 saturated heterocycles. The summed E-state index contributed by atoms with van der Waals surface area (Å²) >= 11 is 0. The van der Waals surface area contributed by atoms with Crippen LogP contribution in [0.2, 0.25) is 0 Å². The zero-order valence-corrected chi connectivity index (χ0v) is 11.4. The van der Waals surface area contributed by atoms with Crippen LogP contribution in [0.3, 0.4) is 0 Å². The highest BCUT2D eigenvalue weighted by atomic mass is 16.5. The van der Waals surface area contributed by atoms with Crippen molar-refractivity contribution in [2.45, 2.75) is 57.0 Å². The summed E-state index contributed by atoms with van der Waals surface area (Å²) in [7, 11) is 0. The molecule has 2 aliphatic rings. The Labute approximate surface area is 115 Å². The van der Waals surface area contributed by atoms with Crippen LogP contribution >= 0.6 is 0 Å². The third-order valence-electron chi connectivity index (χ3n) is 4.49. The monoisotopic (exact) mass is 258 g/mol. The first-order valence-electron chi connectivity index (χ1n) is 7.58. The highest BCUT2D eigenvalue weighted by Crippen LogP contribution is 2.38. The average molecular weight is 258 g/mol. The molecule has 0 aromatic heterocycles. The smallest absolute Gasteiger partial charge is 0.165 e. The van der Waals surface area contributed by atoms with E-state index in [1.54, 1.807) is 0 Å². The van der Waals surface area contributed by atoms with Gasteiger partial charge in [-0.05, 0) is 43.6 Å². The number of ether oxygens (including phenoxy) is 1. The van der Waals surface area contributed by atoms with E-state index in [0.29, 0.717) is 12.3 Å². The van der Waals surface area contributed by atoms with Crippen LogP contribution < -0.4 is 0 Å². The summed E-state index contributed by atoms with van der Waals surface area (Å²) in [5.74, 6) is 0.891. The van der Waals surface area contributed by atoms with E-state index in [1.165, 1.54) is 31.2 Å². The molecule has 2 nitrogen and oxygen atoms in total. The Bertz CT molecular complexity index is 442. The molecule has 3 rings (SSSR count). The molecule has 1 heterocycles. The topological polar surface area (TPSA) is 26.3 Å². The number of Topliss-reactive ketones (excluding diaryl/α,β-unsaturated/α-hetero) is 1. The molecular formula is C17H22O2. The molecule has 0 spiro atoms. The Hall–Kier alpha value is -1.15. The van der Waals surface area contributed by atoms with E-state index in [9.17, 15) is 4.79 Å². The van der Waals surface area contributed by atoms with Crippen LogP contribution in [-0.2, 0) is 4.74 Å². The minimum atomic E-state index is 0.149. The van der Waals surface area contributed by atoms with Crippen molar-refractivity contribution in [1.82, 2.24) is 0 Å². The van der Waals surface area contributed by atoms with Gasteiger partial charge in [-0.3, -0.25) is 4.79 Å². The van der Waals surface area contributed by atoms with Crippen molar-refractivity contribution in [3.63, 3.8) is 0 Å². The van der Waals surface area contributed by atoms with Crippen molar-refractivity contribution < 1.29 is 9.53 Å². The van der Waals surface area contributed by atoms with E-state index in [2.05, 4.69) is 12.1 Å². The maximum Gasteiger partial charge on any atom is 0.165 e. The molecule has 1 atom stereocenters. The summed E-state index contributed by atoms with van der Waals surface area (Å²) in [5, 5.41) is 0. The Morgan fingerprint density at radius 1 is 1.11 bits per heavy atom. The number of carbonyl (C=O) groups excluding carboxylic acids is 1. The van der Waals surface area contributed by atoms with E-state index in [-0.39, 0.29) is 11.9 Å². The second-order valence-corrected chi connectivity index (χ2v) is 5.83. The average Bonchev–Trinajstić information content (AvgIpc) is 2.38. The predicted molar refractivity (Wildman–Crippen MR) is 75.6 cm³/mol. The van der Waals surface area contributed by atoms with E-state index < -0.39 is 0 Å². The normalized spacial score (nSPS) is 23.9. The lowest BCUT2D eigenvalue weighted by atomic mass is 9.77. The van der Waals surface area contributed by atoms with E-state index >= 15 is 0 Å². The number of hydrogen-bond donors (Lipinski definition) is 0. The number of rotatable bonds is 4. The van der Waals surface area contributed by atoms with Crippen molar-refractivity contribution in [1.29, 1.82) is 0 Å². The van der Waals surface area contributed by atoms with Crippen molar-refractivity contribution in [2.24, 2.45) is 0 Å². The number of benzene rings is 1. The number of ketones is 1. The Morgan fingerprint density at radius 3 is 2.63 bits per heavy atom. The highest BCUT2D eigenvalue weighted by Gasteiger charge is 2.25. The fraction of sp³-hybridized carbons (Fsp3) is 0.588. The molecule has 2 fully saturated rings. The van der Waals surface area contributed by atoms with Crippen molar-refractivity contribution in [2.75, 3.05) is 6.61 Å². The second-order valence-electron chi connectivity index (χ2n) is 5.83. The second kappa shape index (κ2) is 5.87. The summed E-state index contributed by atoms with van der Waals surface area (Å²) in [6.07, 6.45) is 7.87. The number of carbonyl (C=O) groups is 1. The Morgan fingerprint density at radius 2 is 1.95 bits per heavy atom. The summed E-state index contributed by atoms with van der Waals surface area (Å²) < 4.78 is 5.69. The molecule has 102 valence electrons. The highest BCUT2D eigenvalue weighted by molar-refractivity contribution is 5.98. The van der Waals surface area contributed by atoms with Gasteiger partial charge in [0.05, 0.1) is 6.10 Å². The van der Waals surface area contributed by atoms with Gasteiger partial charge < -0.3 is 4.74 Å². The lowest BCUT2D eigenvalue weighted by Crippen LogP contribution is -2.23. The molecule has 0 bridgehead atoms. The van der Waals surface area contributed by atoms with Gasteiger partial charge in [-0.25, -0.2) is 0 Å². The van der Waals surface area contributed by atoms with Crippen LogP contribution in [-0.4, -0.2) is 18.5 Å². The maximum atomic E-state index is 12.5. The third-order valence-corrected chi connectivity index (χ3v) is 4.49. The van der Waals surface area contributed by atoms with Crippen molar-refractivity contribution >= 4 is 5.78 Å². The van der Waals surface area contributed by atoms with Gasteiger partial charge in [-0.2, -0.15) is 0 Å². The molecule has 1 unspecified atom stereocenters. The molecule has 0 amide bonds. The standard InChI is InChI=1S/C17H22O2/c18-17(12-14-8-3-4-11-19-14)16-10-2-1-9-15(16)13-6-5-7-13/h1-2,9-10,13-14H,3-8,11-12H2. The van der Waals surface area contributed by atoms with Gasteiger partial charge >= 0.3 is 0 Å². The van der Waals surface area contributed by atoms with Crippen LogP contribution in [0.4, 0.5) is 0 Å². The molecule has 0 N–H and O–H groups in total. The van der Waals surface area contributed by atoms with E-state index in [0.717, 1.165) is 25.0 Å². The quantitative estimate of drug-likeness (QED) is 0.760. The fourth-order valence-corrected chi connectivity index (χ4v) is 3.11. The lowest BCUT2D eigenvalue weighted by Gasteiger charge is -2.28. The van der Waals surface area contributed by atoms with Crippen LogP contribution in [0.5, 0.6) is 0 Å². The third kappa shape index (κ3) is 2.89. The van der Waals surface area contributed by atoms with Gasteiger partial charge in [0.2, 0.25) is 0 Å². The molecule has 2 heteroatoms. The molecular weight excluding hydrogens is 236 g/mol. The van der Waals surface area contributed by atoms with Crippen LogP contribution in [0, 0.1) is 0 Å². The predicted octanol–water partition coefficient (Wildman–Crippen LogP) is 4.10. The van der Waals surface area contributed by atoms with Crippen LogP contribution in [0.1, 0.15) is 66.8 Å². The van der Waals surface area contributed by atoms with Gasteiger partial charge in [-0.1, -0.05) is 30.7 Å². The zero-order valence-electron chi connectivity index (χ0n) is 11.4. The summed E-state index contributed by atoms with van der Waals surface area (Å²) in [4.78, 5) is 12.5. The van der Waals surface area contributed by atoms with E-state index in [1.807, 2.05) is 12.1 Å². The first-order chi connectivity index (χ1) is 9.34. The summed E-state index contributed by atoms with van der Waals surface area (Å²) in [5.41, 5.74) is 2.22. The van der Waals surface area contributed by atoms with Crippen molar-refractivity contribution in [3.05, 3.63) is 35.4 Å². The molecule has 1 saturated carbocycles. The maximum absolute atomic E-state index is 12.5. The summed E-state index contributed by atoms with van der Waals surface area (Å²) in [6.45, 7) is 0.822. The minimum Gasteiger partial charge on any atom is -0.378 e. The first kappa shape index (κ1) is 12.9. The van der Waals surface area contributed by atoms with Crippen molar-refractivity contribution in [3.8, 4) is 0 Å². The zero-order chi connectivity index (χ0) is 13.1. The minimum absolute atomic E-state index is 0.149. The van der Waals surface area contributed by atoms with Gasteiger partial charge in [0.25, 0.3) is 0 Å². The Balaban J connectivity index is 1.71. The largest absolute Gasteiger partial charge is 0.378 e. The van der Waals surface area contributed by atoms with Gasteiger partial charge in [-0.15, -0.1) is 0 Å². The fourth-order valence-electron chi connectivity index (χ4n) is 3.11. The van der Waals surface area contributed by atoms with E-state index in [4.69, 9.17) is 4.74 Å². The SMILES string of the molecule is O=C(CC1CCCCO1)c1ccccc1C1CCC1. The van der Waals surface area contributed by atoms with Gasteiger partial charge in [0, 0.05) is 18.6 Å². The van der Waals surface area contributed by atoms with Gasteiger partial charge in [0.15, 0.2) is 5.78 Å². The Kier molecular flexibility index (Phi) is 3.97. The molecule has 1 aromatic carbocycles. The number of hydrogen-bond acceptors (Lipinski definition) is 2. The van der Waals surface area contributed by atoms with Crippen LogP contribution in [0.15, 0.2) is 24.3 Å². The summed E-state index contributed by atoms with van der Waals surface area (Å²) in [6, 6.07) is 8.18.